The molecule has 0 spiro atoms. The standard InChI is InChI=1S/C18H20ClN3O/c19-17-7-5-16(6-8-17)15-21-10-12-22(13-11-21)20-9-1-3-18-4-2-14-23-18/h1-9,14H,10-13,15H2/b3-1+,20-9-. The monoisotopic (exact) mass is 329 g/mol. The van der Waals surface area contributed by atoms with Gasteiger partial charge in [0.05, 0.1) is 6.26 Å². The van der Waals surface area contributed by atoms with Crippen molar-refractivity contribution in [2.45, 2.75) is 6.54 Å². The van der Waals surface area contributed by atoms with E-state index in [1.165, 1.54) is 5.56 Å². The number of nitrogens with zero attached hydrogens (tertiary/aromatic N) is 3. The second kappa shape index (κ2) is 7.99. The third-order valence-corrected chi connectivity index (χ3v) is 4.04. The van der Waals surface area contributed by atoms with Crippen molar-refractivity contribution in [3.8, 4) is 0 Å². The second-order valence-corrected chi connectivity index (χ2v) is 5.93. The fourth-order valence-corrected chi connectivity index (χ4v) is 2.64. The Labute approximate surface area is 141 Å². The summed E-state index contributed by atoms with van der Waals surface area (Å²) in [4.78, 5) is 2.44. The van der Waals surface area contributed by atoms with E-state index in [0.29, 0.717) is 0 Å². The van der Waals surface area contributed by atoms with Gasteiger partial charge < -0.3 is 4.42 Å². The SMILES string of the molecule is Clc1ccc(CN2CCN(/N=C\C=C\c3ccco3)CC2)cc1. The lowest BCUT2D eigenvalue weighted by Gasteiger charge is -2.32. The van der Waals surface area contributed by atoms with Gasteiger partial charge in [0, 0.05) is 44.0 Å². The molecule has 1 aromatic heterocycles. The molecule has 0 amide bonds. The molecule has 2 heterocycles. The summed E-state index contributed by atoms with van der Waals surface area (Å²) >= 11 is 5.92. The van der Waals surface area contributed by atoms with Gasteiger partial charge in [-0.3, -0.25) is 9.91 Å². The highest BCUT2D eigenvalue weighted by Crippen LogP contribution is 2.13. The number of furan rings is 1. The van der Waals surface area contributed by atoms with Crippen molar-refractivity contribution < 1.29 is 4.42 Å². The molecule has 0 radical (unpaired) electrons. The van der Waals surface area contributed by atoms with Gasteiger partial charge in [0.25, 0.3) is 0 Å². The third kappa shape index (κ3) is 4.98. The van der Waals surface area contributed by atoms with Crippen LogP contribution in [0.2, 0.25) is 5.02 Å². The molecule has 5 heteroatoms. The average molecular weight is 330 g/mol. The molecule has 1 saturated heterocycles. The Morgan fingerprint density at radius 3 is 2.57 bits per heavy atom. The van der Waals surface area contributed by atoms with Gasteiger partial charge in [0.15, 0.2) is 0 Å². The van der Waals surface area contributed by atoms with Gasteiger partial charge in [-0.15, -0.1) is 0 Å². The Kier molecular flexibility index (Phi) is 5.51. The van der Waals surface area contributed by atoms with Crippen LogP contribution < -0.4 is 0 Å². The summed E-state index contributed by atoms with van der Waals surface area (Å²) < 4.78 is 5.23. The summed E-state index contributed by atoms with van der Waals surface area (Å²) in [5.74, 6) is 0.837. The van der Waals surface area contributed by atoms with Crippen LogP contribution in [-0.2, 0) is 6.54 Å². The number of piperazine rings is 1. The lowest BCUT2D eigenvalue weighted by atomic mass is 10.2. The van der Waals surface area contributed by atoms with Crippen LogP contribution in [0.5, 0.6) is 0 Å². The van der Waals surface area contributed by atoms with Crippen molar-refractivity contribution in [2.75, 3.05) is 26.2 Å². The van der Waals surface area contributed by atoms with Crippen molar-refractivity contribution >= 4 is 23.9 Å². The summed E-state index contributed by atoms with van der Waals surface area (Å²) in [6, 6.07) is 11.9. The predicted molar refractivity (Wildman–Crippen MR) is 94.5 cm³/mol. The highest BCUT2D eigenvalue weighted by atomic mass is 35.5. The van der Waals surface area contributed by atoms with Crippen LogP contribution in [0.25, 0.3) is 6.08 Å². The quantitative estimate of drug-likeness (QED) is 0.783. The maximum absolute atomic E-state index is 5.92. The molecule has 0 atom stereocenters. The van der Waals surface area contributed by atoms with E-state index in [1.807, 2.05) is 42.6 Å². The zero-order chi connectivity index (χ0) is 15.9. The number of benzene rings is 1. The Morgan fingerprint density at radius 1 is 1.09 bits per heavy atom. The van der Waals surface area contributed by atoms with E-state index in [1.54, 1.807) is 6.26 Å². The molecule has 1 aromatic carbocycles. The van der Waals surface area contributed by atoms with Crippen LogP contribution in [-0.4, -0.2) is 42.3 Å². The molecule has 120 valence electrons. The fraction of sp³-hybridized carbons (Fsp3) is 0.278. The summed E-state index contributed by atoms with van der Waals surface area (Å²) in [6.07, 6.45) is 7.29. The largest absolute Gasteiger partial charge is 0.465 e. The summed E-state index contributed by atoms with van der Waals surface area (Å²) in [5.41, 5.74) is 1.30. The number of hydrogen-bond acceptors (Lipinski definition) is 4. The van der Waals surface area contributed by atoms with Crippen LogP contribution in [0.1, 0.15) is 11.3 Å². The second-order valence-electron chi connectivity index (χ2n) is 5.50. The van der Waals surface area contributed by atoms with Crippen molar-refractivity contribution in [3.63, 3.8) is 0 Å². The van der Waals surface area contributed by atoms with Gasteiger partial charge in [-0.05, 0) is 42.0 Å². The normalized spacial score (nSPS) is 16.7. The molecule has 0 bridgehead atoms. The first kappa shape index (κ1) is 15.8. The minimum absolute atomic E-state index is 0.788. The average Bonchev–Trinajstić information content (AvgIpc) is 3.09. The number of halogens is 1. The zero-order valence-electron chi connectivity index (χ0n) is 12.9. The van der Waals surface area contributed by atoms with Crippen LogP contribution >= 0.6 is 11.6 Å². The highest BCUT2D eigenvalue weighted by molar-refractivity contribution is 6.30. The first-order chi connectivity index (χ1) is 11.3. The lowest BCUT2D eigenvalue weighted by molar-refractivity contribution is 0.131. The number of rotatable bonds is 5. The molecule has 1 aliphatic heterocycles. The molecule has 0 N–H and O–H groups in total. The van der Waals surface area contributed by atoms with Gasteiger partial charge in [-0.25, -0.2) is 0 Å². The van der Waals surface area contributed by atoms with Crippen molar-refractivity contribution in [2.24, 2.45) is 5.10 Å². The van der Waals surface area contributed by atoms with Crippen LogP contribution in [0.15, 0.2) is 58.3 Å². The summed E-state index contributed by atoms with van der Waals surface area (Å²) in [5, 5.41) is 7.36. The smallest absolute Gasteiger partial charge is 0.126 e. The van der Waals surface area contributed by atoms with Crippen LogP contribution in [0.3, 0.4) is 0 Å². The van der Waals surface area contributed by atoms with Crippen LogP contribution in [0, 0.1) is 0 Å². The lowest BCUT2D eigenvalue weighted by Crippen LogP contribution is -2.43. The summed E-state index contributed by atoms with van der Waals surface area (Å²) in [7, 11) is 0. The Hall–Kier alpha value is -2.04. The molecule has 1 aliphatic rings. The van der Waals surface area contributed by atoms with E-state index < -0.39 is 0 Å². The van der Waals surface area contributed by atoms with Crippen molar-refractivity contribution in [3.05, 3.63) is 65.1 Å². The van der Waals surface area contributed by atoms with Gasteiger partial charge in [-0.1, -0.05) is 23.7 Å². The molecular weight excluding hydrogens is 310 g/mol. The fourth-order valence-electron chi connectivity index (χ4n) is 2.52. The Bertz CT molecular complexity index is 641. The summed E-state index contributed by atoms with van der Waals surface area (Å²) in [6.45, 7) is 4.88. The maximum atomic E-state index is 5.92. The number of hydrogen-bond donors (Lipinski definition) is 0. The molecule has 3 rings (SSSR count). The van der Waals surface area contributed by atoms with Gasteiger partial charge >= 0.3 is 0 Å². The minimum Gasteiger partial charge on any atom is -0.465 e. The minimum atomic E-state index is 0.788. The van der Waals surface area contributed by atoms with Gasteiger partial charge in [0.1, 0.15) is 5.76 Å². The molecule has 2 aromatic rings. The predicted octanol–water partition coefficient (Wildman–Crippen LogP) is 3.75. The van der Waals surface area contributed by atoms with Gasteiger partial charge in [-0.2, -0.15) is 5.10 Å². The van der Waals surface area contributed by atoms with E-state index in [2.05, 4.69) is 27.1 Å². The first-order valence-electron chi connectivity index (χ1n) is 7.75. The molecule has 0 aliphatic carbocycles. The van der Waals surface area contributed by atoms with E-state index in [0.717, 1.165) is 43.5 Å². The third-order valence-electron chi connectivity index (χ3n) is 3.79. The zero-order valence-corrected chi connectivity index (χ0v) is 13.7. The van der Waals surface area contributed by atoms with Gasteiger partial charge in [0.2, 0.25) is 0 Å². The molecule has 1 fully saturated rings. The number of allylic oxidation sites excluding steroid dienone is 1. The van der Waals surface area contributed by atoms with Crippen molar-refractivity contribution in [1.29, 1.82) is 0 Å². The van der Waals surface area contributed by atoms with Crippen molar-refractivity contribution in [1.82, 2.24) is 9.91 Å². The maximum Gasteiger partial charge on any atom is 0.126 e. The van der Waals surface area contributed by atoms with Crippen LogP contribution in [0.4, 0.5) is 0 Å². The topological polar surface area (TPSA) is 32.0 Å². The molecule has 0 saturated carbocycles. The molecule has 4 nitrogen and oxygen atoms in total. The van der Waals surface area contributed by atoms with E-state index in [-0.39, 0.29) is 0 Å². The molecule has 23 heavy (non-hydrogen) atoms. The molecular formula is C18H20ClN3O. The Balaban J connectivity index is 1.42. The highest BCUT2D eigenvalue weighted by Gasteiger charge is 2.15. The van der Waals surface area contributed by atoms with E-state index >= 15 is 0 Å². The van der Waals surface area contributed by atoms with E-state index in [9.17, 15) is 0 Å². The Morgan fingerprint density at radius 2 is 1.87 bits per heavy atom. The number of hydrazone groups is 1. The van der Waals surface area contributed by atoms with E-state index in [4.69, 9.17) is 16.0 Å². The molecule has 0 unspecified atom stereocenters. The first-order valence-corrected chi connectivity index (χ1v) is 8.13.